The van der Waals surface area contributed by atoms with Gasteiger partial charge in [0.15, 0.2) is 0 Å². The average molecular weight is 772 g/mol. The fraction of sp³-hybridized carbons (Fsp3) is 0.550. The van der Waals surface area contributed by atoms with Gasteiger partial charge in [-0.1, -0.05) is 0 Å². The Morgan fingerprint density at radius 3 is 2.13 bits per heavy atom. The number of rotatable bonds is 11. The maximum atomic E-state index is 12.8. The van der Waals surface area contributed by atoms with Crippen molar-refractivity contribution in [3.8, 4) is 0 Å². The summed E-state index contributed by atoms with van der Waals surface area (Å²) in [5, 5.41) is 15.5. The Kier molecular flexibility index (Phi) is 12.9. The van der Waals surface area contributed by atoms with E-state index < -0.39 is 12.2 Å². The molecule has 1 aromatic rings. The van der Waals surface area contributed by atoms with Gasteiger partial charge < -0.3 is 25.2 Å². The SMILES string of the molecule is CC(=O)Nc1c(I)c(NC(C)O)c(I)c(C(=O)OCCCCCC(=O)OC(C)C)c1I. The van der Waals surface area contributed by atoms with E-state index in [-0.39, 0.29) is 24.6 Å². The molecule has 8 nitrogen and oxygen atoms in total. The summed E-state index contributed by atoms with van der Waals surface area (Å²) in [6.07, 6.45) is 1.38. The Hall–Kier alpha value is -0.420. The van der Waals surface area contributed by atoms with Gasteiger partial charge in [0.1, 0.15) is 6.23 Å². The van der Waals surface area contributed by atoms with Crippen molar-refractivity contribution in [1.82, 2.24) is 0 Å². The lowest BCUT2D eigenvalue weighted by molar-refractivity contribution is -0.147. The fourth-order valence-corrected chi connectivity index (χ4v) is 6.76. The zero-order chi connectivity index (χ0) is 23.7. The highest BCUT2D eigenvalue weighted by atomic mass is 127. The van der Waals surface area contributed by atoms with Crippen molar-refractivity contribution in [2.45, 2.75) is 65.7 Å². The van der Waals surface area contributed by atoms with Crippen LogP contribution in [0.15, 0.2) is 0 Å². The summed E-state index contributed by atoms with van der Waals surface area (Å²) < 4.78 is 12.4. The first-order valence-corrected chi connectivity index (χ1v) is 13.0. The smallest absolute Gasteiger partial charge is 0.340 e. The molecule has 0 saturated heterocycles. The molecular formula is C20H27I3N2O6. The number of hydrogen-bond donors (Lipinski definition) is 3. The molecule has 0 heterocycles. The zero-order valence-corrected chi connectivity index (χ0v) is 24.3. The van der Waals surface area contributed by atoms with Gasteiger partial charge in [-0.25, -0.2) is 4.79 Å². The summed E-state index contributed by atoms with van der Waals surface area (Å²) in [7, 11) is 0. The minimum Gasteiger partial charge on any atom is -0.463 e. The van der Waals surface area contributed by atoms with E-state index in [1.165, 1.54) is 6.92 Å². The van der Waals surface area contributed by atoms with E-state index >= 15 is 0 Å². The number of esters is 2. The molecule has 1 aromatic carbocycles. The highest BCUT2D eigenvalue weighted by molar-refractivity contribution is 14.1. The molecule has 1 amide bonds. The average Bonchev–Trinajstić information content (AvgIpc) is 2.64. The number of carbonyl (C=O) groups is 3. The standard InChI is InChI=1S/C20H27I3N2O6/c1-10(2)31-13(28)8-6-5-7-9-30-20(29)14-15(21)18(24-11(3)26)17(23)19(16(14)22)25-12(4)27/h10-11,24,26H,5-9H2,1-4H3,(H,25,27). The van der Waals surface area contributed by atoms with Gasteiger partial charge in [-0.05, 0) is 108 Å². The Bertz CT molecular complexity index is 815. The summed E-state index contributed by atoms with van der Waals surface area (Å²) in [5.74, 6) is -1.00. The van der Waals surface area contributed by atoms with Crippen LogP contribution in [0.2, 0.25) is 0 Å². The van der Waals surface area contributed by atoms with Crippen molar-refractivity contribution in [3.05, 3.63) is 16.3 Å². The quantitative estimate of drug-likeness (QED) is 0.127. The van der Waals surface area contributed by atoms with Crippen LogP contribution in [-0.4, -0.2) is 41.9 Å². The number of anilines is 2. The van der Waals surface area contributed by atoms with Crippen LogP contribution >= 0.6 is 67.8 Å². The first-order chi connectivity index (χ1) is 14.5. The van der Waals surface area contributed by atoms with Crippen molar-refractivity contribution in [1.29, 1.82) is 0 Å². The second-order valence-electron chi connectivity index (χ2n) is 7.05. The molecule has 11 heteroatoms. The number of benzene rings is 1. The number of amides is 1. The number of nitrogens with one attached hydrogen (secondary N) is 2. The van der Waals surface area contributed by atoms with Gasteiger partial charge >= 0.3 is 11.9 Å². The van der Waals surface area contributed by atoms with E-state index in [9.17, 15) is 19.5 Å². The molecule has 0 aromatic heterocycles. The van der Waals surface area contributed by atoms with Crippen LogP contribution in [0.4, 0.5) is 11.4 Å². The molecule has 3 N–H and O–H groups in total. The number of aliphatic hydroxyl groups excluding tert-OH is 1. The molecule has 1 atom stereocenters. The predicted molar refractivity (Wildman–Crippen MR) is 144 cm³/mol. The lowest BCUT2D eigenvalue weighted by Gasteiger charge is -2.21. The second kappa shape index (κ2) is 14.0. The maximum absolute atomic E-state index is 12.8. The molecule has 0 spiro atoms. The zero-order valence-electron chi connectivity index (χ0n) is 17.8. The third-order valence-electron chi connectivity index (χ3n) is 3.80. The Morgan fingerprint density at radius 1 is 0.968 bits per heavy atom. The monoisotopic (exact) mass is 772 g/mol. The van der Waals surface area contributed by atoms with Crippen LogP contribution in [0.25, 0.3) is 0 Å². The van der Waals surface area contributed by atoms with Gasteiger partial charge in [-0.15, -0.1) is 0 Å². The van der Waals surface area contributed by atoms with Gasteiger partial charge in [0.2, 0.25) is 5.91 Å². The minimum absolute atomic E-state index is 0.122. The molecule has 0 aliphatic heterocycles. The molecule has 0 fully saturated rings. The molecule has 1 rings (SSSR count). The second-order valence-corrected chi connectivity index (χ2v) is 10.3. The van der Waals surface area contributed by atoms with E-state index in [2.05, 4.69) is 33.2 Å². The van der Waals surface area contributed by atoms with E-state index in [4.69, 9.17) is 9.47 Å². The molecule has 31 heavy (non-hydrogen) atoms. The van der Waals surface area contributed by atoms with Crippen LogP contribution in [0.3, 0.4) is 0 Å². The molecule has 0 aliphatic carbocycles. The van der Waals surface area contributed by atoms with Gasteiger partial charge in [0.05, 0.1) is 40.4 Å². The Morgan fingerprint density at radius 2 is 1.58 bits per heavy atom. The normalized spacial score (nSPS) is 11.8. The fourth-order valence-electron chi connectivity index (χ4n) is 2.57. The summed E-state index contributed by atoms with van der Waals surface area (Å²) in [5.41, 5.74) is 1.37. The highest BCUT2D eigenvalue weighted by Gasteiger charge is 2.26. The van der Waals surface area contributed by atoms with Crippen molar-refractivity contribution in [2.75, 3.05) is 17.2 Å². The number of aliphatic hydroxyl groups is 1. The third-order valence-corrected chi connectivity index (χ3v) is 7.04. The largest absolute Gasteiger partial charge is 0.463 e. The van der Waals surface area contributed by atoms with E-state index in [1.807, 2.05) is 59.0 Å². The number of halogens is 3. The van der Waals surface area contributed by atoms with E-state index in [0.29, 0.717) is 46.9 Å². The number of carbonyl (C=O) groups excluding carboxylic acids is 3. The van der Waals surface area contributed by atoms with E-state index in [1.54, 1.807) is 6.92 Å². The molecule has 174 valence electrons. The maximum Gasteiger partial charge on any atom is 0.340 e. The van der Waals surface area contributed by atoms with Gasteiger partial charge in [-0.3, -0.25) is 9.59 Å². The lowest BCUT2D eigenvalue weighted by atomic mass is 10.1. The first kappa shape index (κ1) is 28.6. The minimum atomic E-state index is -0.849. The third kappa shape index (κ3) is 9.53. The van der Waals surface area contributed by atoms with Crippen molar-refractivity contribution >= 4 is 97.0 Å². The summed E-state index contributed by atoms with van der Waals surface area (Å²) >= 11 is 6.12. The topological polar surface area (TPSA) is 114 Å². The van der Waals surface area contributed by atoms with Crippen LogP contribution in [0, 0.1) is 10.7 Å². The number of hydrogen-bond acceptors (Lipinski definition) is 7. The molecule has 0 radical (unpaired) electrons. The molecular weight excluding hydrogens is 745 g/mol. The molecule has 1 unspecified atom stereocenters. The van der Waals surface area contributed by atoms with Crippen molar-refractivity contribution in [3.63, 3.8) is 0 Å². The van der Waals surface area contributed by atoms with Crippen molar-refractivity contribution in [2.24, 2.45) is 0 Å². The van der Waals surface area contributed by atoms with Crippen LogP contribution < -0.4 is 10.6 Å². The lowest BCUT2D eigenvalue weighted by Crippen LogP contribution is -2.21. The van der Waals surface area contributed by atoms with Crippen LogP contribution in [0.5, 0.6) is 0 Å². The van der Waals surface area contributed by atoms with Gasteiger partial charge in [0, 0.05) is 13.3 Å². The summed E-state index contributed by atoms with van der Waals surface area (Å²) in [6.45, 7) is 6.79. The molecule has 0 bridgehead atoms. The molecule has 0 saturated carbocycles. The highest BCUT2D eigenvalue weighted by Crippen LogP contribution is 2.39. The predicted octanol–water partition coefficient (Wildman–Crippen LogP) is 4.88. The summed E-state index contributed by atoms with van der Waals surface area (Å²) in [6, 6.07) is 0. The number of unbranched alkanes of at least 4 members (excludes halogenated alkanes) is 2. The first-order valence-electron chi connectivity index (χ1n) is 9.74. The number of ether oxygens (including phenoxy) is 2. The van der Waals surface area contributed by atoms with Crippen molar-refractivity contribution < 1.29 is 29.0 Å². The summed E-state index contributed by atoms with van der Waals surface area (Å²) in [4.78, 5) is 36.0. The Labute approximate surface area is 223 Å². The Balaban J connectivity index is 2.86. The van der Waals surface area contributed by atoms with Crippen LogP contribution in [-0.2, 0) is 19.1 Å². The molecule has 0 aliphatic rings. The van der Waals surface area contributed by atoms with Gasteiger partial charge in [0.25, 0.3) is 0 Å². The van der Waals surface area contributed by atoms with Gasteiger partial charge in [-0.2, -0.15) is 0 Å². The van der Waals surface area contributed by atoms with E-state index in [0.717, 1.165) is 6.42 Å². The van der Waals surface area contributed by atoms with Crippen LogP contribution in [0.1, 0.15) is 63.7 Å².